The van der Waals surface area contributed by atoms with Gasteiger partial charge in [0.05, 0.1) is 30.3 Å². The quantitative estimate of drug-likeness (QED) is 0.275. The van der Waals surface area contributed by atoms with E-state index < -0.39 is 0 Å². The van der Waals surface area contributed by atoms with Gasteiger partial charge in [0.2, 0.25) is 0 Å². The lowest BCUT2D eigenvalue weighted by atomic mass is 9.88. The first-order chi connectivity index (χ1) is 16.3. The van der Waals surface area contributed by atoms with Crippen molar-refractivity contribution >= 4 is 60.6 Å². The van der Waals surface area contributed by atoms with Crippen LogP contribution in [0.4, 0.5) is 0 Å². The van der Waals surface area contributed by atoms with Crippen LogP contribution in [0.15, 0.2) is 43.1 Å². The minimum absolute atomic E-state index is 0.0718. The number of rotatable bonds is 6. The number of halogens is 3. The van der Waals surface area contributed by atoms with E-state index >= 15 is 0 Å². The zero-order valence-corrected chi connectivity index (χ0v) is 23.2. The molecule has 2 aromatic carbocycles. The van der Waals surface area contributed by atoms with Crippen LogP contribution in [0.3, 0.4) is 0 Å². The monoisotopic (exact) mass is 609 g/mol. The number of methoxy groups -OCH3 is 1. The van der Waals surface area contributed by atoms with Gasteiger partial charge in [0, 0.05) is 20.4 Å². The lowest BCUT2D eigenvalue weighted by Gasteiger charge is -2.23. The Morgan fingerprint density at radius 3 is 2.62 bits per heavy atom. The molecule has 180 valence electrons. The molecule has 3 aromatic rings. The predicted octanol–water partition coefficient (Wildman–Crippen LogP) is 7.30. The van der Waals surface area contributed by atoms with Crippen molar-refractivity contribution in [1.29, 1.82) is 0 Å². The van der Waals surface area contributed by atoms with Crippen LogP contribution in [-0.4, -0.2) is 29.1 Å². The summed E-state index contributed by atoms with van der Waals surface area (Å²) in [6.07, 6.45) is 6.98. The molecular weight excluding hydrogens is 586 g/mol. The maximum atomic E-state index is 13.5. The molecule has 1 fully saturated rings. The van der Waals surface area contributed by atoms with E-state index in [4.69, 9.17) is 26.1 Å². The SMILES string of the molecule is COc1cc(C=Nn2c(C3CCCCC3)nc3ccc(Br)cc3c2=O)c(Br)c(Cl)c1OC(C)C. The predicted molar refractivity (Wildman–Crippen MR) is 144 cm³/mol. The smallest absolute Gasteiger partial charge is 0.282 e. The number of benzene rings is 2. The molecule has 1 aliphatic rings. The Bertz CT molecular complexity index is 1300. The fourth-order valence-corrected chi connectivity index (χ4v) is 5.22. The van der Waals surface area contributed by atoms with Crippen LogP contribution in [0.25, 0.3) is 10.9 Å². The van der Waals surface area contributed by atoms with Gasteiger partial charge in [-0.2, -0.15) is 9.78 Å². The summed E-state index contributed by atoms with van der Waals surface area (Å²) >= 11 is 13.6. The summed E-state index contributed by atoms with van der Waals surface area (Å²) in [5, 5.41) is 5.51. The second-order valence-electron chi connectivity index (χ2n) is 8.62. The van der Waals surface area contributed by atoms with Crippen LogP contribution in [0.2, 0.25) is 5.02 Å². The molecule has 0 aliphatic heterocycles. The third-order valence-electron chi connectivity index (χ3n) is 5.85. The van der Waals surface area contributed by atoms with E-state index in [-0.39, 0.29) is 17.6 Å². The molecule has 0 radical (unpaired) electrons. The summed E-state index contributed by atoms with van der Waals surface area (Å²) in [7, 11) is 1.56. The van der Waals surface area contributed by atoms with Crippen LogP contribution >= 0.6 is 43.5 Å². The summed E-state index contributed by atoms with van der Waals surface area (Å²) in [5.41, 5.74) is 1.15. The normalized spacial score (nSPS) is 14.9. The Labute approximate surface area is 220 Å². The Morgan fingerprint density at radius 2 is 1.94 bits per heavy atom. The number of nitrogens with zero attached hydrogens (tertiary/aromatic N) is 3. The first-order valence-electron chi connectivity index (χ1n) is 11.3. The van der Waals surface area contributed by atoms with E-state index in [9.17, 15) is 4.79 Å². The van der Waals surface area contributed by atoms with Crippen molar-refractivity contribution in [1.82, 2.24) is 9.66 Å². The van der Waals surface area contributed by atoms with Gasteiger partial charge in [0.1, 0.15) is 10.8 Å². The largest absolute Gasteiger partial charge is 0.493 e. The van der Waals surface area contributed by atoms with Crippen molar-refractivity contribution in [3.05, 3.63) is 60.0 Å². The maximum Gasteiger partial charge on any atom is 0.282 e. The fraction of sp³-hybridized carbons (Fsp3) is 0.400. The van der Waals surface area contributed by atoms with E-state index in [0.717, 1.165) is 30.2 Å². The summed E-state index contributed by atoms with van der Waals surface area (Å²) in [5.74, 6) is 1.84. The average molecular weight is 612 g/mol. The van der Waals surface area contributed by atoms with Gasteiger partial charge in [-0.1, -0.05) is 46.8 Å². The van der Waals surface area contributed by atoms with Crippen LogP contribution in [0, 0.1) is 0 Å². The average Bonchev–Trinajstić information content (AvgIpc) is 2.83. The zero-order valence-electron chi connectivity index (χ0n) is 19.3. The molecule has 0 atom stereocenters. The van der Waals surface area contributed by atoms with E-state index in [0.29, 0.717) is 43.3 Å². The summed E-state index contributed by atoms with van der Waals surface area (Å²) in [4.78, 5) is 18.4. The van der Waals surface area contributed by atoms with Gasteiger partial charge in [-0.25, -0.2) is 4.98 Å². The van der Waals surface area contributed by atoms with E-state index in [1.54, 1.807) is 25.5 Å². The Hall–Kier alpha value is -1.90. The second-order valence-corrected chi connectivity index (χ2v) is 10.7. The first kappa shape index (κ1) is 25.2. The summed E-state index contributed by atoms with van der Waals surface area (Å²) < 4.78 is 14.2. The van der Waals surface area contributed by atoms with Crippen molar-refractivity contribution in [3.8, 4) is 11.5 Å². The fourth-order valence-electron chi connectivity index (χ4n) is 4.22. The van der Waals surface area contributed by atoms with Crippen LogP contribution in [0.1, 0.15) is 63.3 Å². The molecule has 34 heavy (non-hydrogen) atoms. The second kappa shape index (κ2) is 10.8. The van der Waals surface area contributed by atoms with Crippen LogP contribution < -0.4 is 15.0 Å². The van der Waals surface area contributed by atoms with Crippen molar-refractivity contribution < 1.29 is 9.47 Å². The Morgan fingerprint density at radius 1 is 1.21 bits per heavy atom. The highest BCUT2D eigenvalue weighted by Gasteiger charge is 2.23. The highest BCUT2D eigenvalue weighted by molar-refractivity contribution is 9.10. The summed E-state index contributed by atoms with van der Waals surface area (Å²) in [6.45, 7) is 3.84. The van der Waals surface area contributed by atoms with Gasteiger partial charge in [0.15, 0.2) is 11.5 Å². The Balaban J connectivity index is 1.85. The van der Waals surface area contributed by atoms with Gasteiger partial charge < -0.3 is 9.47 Å². The minimum Gasteiger partial charge on any atom is -0.493 e. The molecule has 6 nitrogen and oxygen atoms in total. The topological polar surface area (TPSA) is 65.7 Å². The molecule has 1 aliphatic carbocycles. The standard InChI is InChI=1S/C25H26Br2ClN3O3/c1-14(2)34-23-20(33-3)11-16(21(27)22(23)28)13-29-31-24(15-7-5-4-6-8-15)30-19-10-9-17(26)12-18(19)25(31)32/h9-15H,4-8H2,1-3H3. The number of ether oxygens (including phenoxy) is 2. The molecule has 0 amide bonds. The molecule has 9 heteroatoms. The van der Waals surface area contributed by atoms with Gasteiger partial charge in [-0.3, -0.25) is 4.79 Å². The highest BCUT2D eigenvalue weighted by Crippen LogP contribution is 2.42. The molecule has 0 bridgehead atoms. The highest BCUT2D eigenvalue weighted by atomic mass is 79.9. The number of hydrogen-bond donors (Lipinski definition) is 0. The number of hydrogen-bond acceptors (Lipinski definition) is 5. The van der Waals surface area contributed by atoms with Crippen molar-refractivity contribution in [2.24, 2.45) is 5.10 Å². The van der Waals surface area contributed by atoms with E-state index in [2.05, 4.69) is 37.0 Å². The molecule has 0 spiro atoms. The molecule has 0 saturated heterocycles. The van der Waals surface area contributed by atoms with Crippen LogP contribution in [-0.2, 0) is 0 Å². The van der Waals surface area contributed by atoms with Crippen molar-refractivity contribution in [3.63, 3.8) is 0 Å². The lowest BCUT2D eigenvalue weighted by Crippen LogP contribution is -2.25. The number of fused-ring (bicyclic) bond motifs is 1. The Kier molecular flexibility index (Phi) is 8.00. The molecule has 0 N–H and O–H groups in total. The number of aromatic nitrogens is 2. The van der Waals surface area contributed by atoms with Crippen molar-refractivity contribution in [2.75, 3.05) is 7.11 Å². The molecule has 0 unspecified atom stereocenters. The molecule has 1 saturated carbocycles. The van der Waals surface area contributed by atoms with E-state index in [1.807, 2.05) is 26.0 Å². The van der Waals surface area contributed by atoms with Gasteiger partial charge >= 0.3 is 0 Å². The first-order valence-corrected chi connectivity index (χ1v) is 13.3. The van der Waals surface area contributed by atoms with Gasteiger partial charge in [0.25, 0.3) is 5.56 Å². The molecule has 1 heterocycles. The lowest BCUT2D eigenvalue weighted by molar-refractivity contribution is 0.230. The molecular formula is C25H26Br2ClN3O3. The van der Waals surface area contributed by atoms with E-state index in [1.165, 1.54) is 11.1 Å². The van der Waals surface area contributed by atoms with Gasteiger partial charge in [-0.05, 0) is 66.9 Å². The molecule has 4 rings (SSSR count). The third kappa shape index (κ3) is 5.19. The zero-order chi connectivity index (χ0) is 24.4. The third-order valence-corrected chi connectivity index (χ3v) is 7.78. The maximum absolute atomic E-state index is 13.5. The minimum atomic E-state index is -0.197. The van der Waals surface area contributed by atoms with Crippen molar-refractivity contribution in [2.45, 2.75) is 58.0 Å². The van der Waals surface area contributed by atoms with Gasteiger partial charge in [-0.15, -0.1) is 0 Å². The van der Waals surface area contributed by atoms with Crippen LogP contribution in [0.5, 0.6) is 11.5 Å². The summed E-state index contributed by atoms with van der Waals surface area (Å²) in [6, 6.07) is 7.35. The molecule has 1 aromatic heterocycles.